The lowest BCUT2D eigenvalue weighted by Gasteiger charge is -2.02. The Balaban J connectivity index is 2.00. The molecule has 2 nitrogen and oxygen atoms in total. The Hall–Kier alpha value is -1.83. The molecule has 0 saturated heterocycles. The summed E-state index contributed by atoms with van der Waals surface area (Å²) in [6.45, 7) is 1.52. The predicted octanol–water partition coefficient (Wildman–Crippen LogP) is 3.64. The van der Waals surface area contributed by atoms with E-state index in [1.807, 2.05) is 6.07 Å². The number of carbonyl (C=O) groups excluding carboxylic acids is 1. The van der Waals surface area contributed by atoms with E-state index in [0.717, 1.165) is 17.7 Å². The van der Waals surface area contributed by atoms with Crippen molar-refractivity contribution in [3.8, 4) is 11.3 Å². The average Bonchev–Trinajstić information content (AvgIpc) is 2.97. The molecule has 0 bridgehead atoms. The average molecular weight is 226 g/mol. The second-order valence-corrected chi connectivity index (χ2v) is 4.56. The summed E-state index contributed by atoms with van der Waals surface area (Å²) in [6, 6.07) is 10.0. The molecule has 0 radical (unpaired) electrons. The molecule has 0 fully saturated rings. The molecule has 86 valence electrons. The van der Waals surface area contributed by atoms with Gasteiger partial charge >= 0.3 is 0 Å². The Morgan fingerprint density at radius 1 is 1.12 bits per heavy atom. The van der Waals surface area contributed by atoms with Gasteiger partial charge in [-0.1, -0.05) is 12.1 Å². The van der Waals surface area contributed by atoms with Gasteiger partial charge in [-0.15, -0.1) is 0 Å². The van der Waals surface area contributed by atoms with E-state index in [0.29, 0.717) is 5.76 Å². The van der Waals surface area contributed by atoms with E-state index in [-0.39, 0.29) is 5.78 Å². The number of ketones is 1. The van der Waals surface area contributed by atoms with Crippen LogP contribution >= 0.6 is 0 Å². The molecule has 2 aromatic rings. The summed E-state index contributed by atoms with van der Waals surface area (Å²) >= 11 is 0. The van der Waals surface area contributed by atoms with Gasteiger partial charge in [0.05, 0.1) is 0 Å². The van der Waals surface area contributed by atoms with Crippen molar-refractivity contribution in [1.29, 1.82) is 0 Å². The summed E-state index contributed by atoms with van der Waals surface area (Å²) in [6.07, 6.45) is 3.59. The maximum Gasteiger partial charge on any atom is 0.194 e. The van der Waals surface area contributed by atoms with E-state index in [4.69, 9.17) is 4.42 Å². The highest BCUT2D eigenvalue weighted by Crippen LogP contribution is 2.29. The van der Waals surface area contributed by atoms with Gasteiger partial charge in [-0.05, 0) is 48.6 Å². The lowest BCUT2D eigenvalue weighted by Crippen LogP contribution is -1.86. The van der Waals surface area contributed by atoms with Gasteiger partial charge in [-0.25, -0.2) is 0 Å². The van der Waals surface area contributed by atoms with Crippen LogP contribution in [0.4, 0.5) is 0 Å². The first-order valence-electron chi connectivity index (χ1n) is 5.97. The molecule has 1 aliphatic rings. The van der Waals surface area contributed by atoms with E-state index in [9.17, 15) is 4.79 Å². The number of Topliss-reactive ketones (excluding diaryl/α,β-unsaturated/α-hetero) is 1. The molecule has 1 aromatic carbocycles. The smallest absolute Gasteiger partial charge is 0.194 e. The Morgan fingerprint density at radius 2 is 1.94 bits per heavy atom. The predicted molar refractivity (Wildman–Crippen MR) is 66.2 cm³/mol. The second kappa shape index (κ2) is 3.88. The Labute approximate surface area is 100 Å². The molecule has 1 aromatic heterocycles. The molecular weight excluding hydrogens is 212 g/mol. The van der Waals surface area contributed by atoms with Gasteiger partial charge in [0.25, 0.3) is 0 Å². The van der Waals surface area contributed by atoms with Crippen LogP contribution in [0.15, 0.2) is 34.7 Å². The van der Waals surface area contributed by atoms with Crippen LogP contribution < -0.4 is 0 Å². The second-order valence-electron chi connectivity index (χ2n) is 4.56. The fourth-order valence-electron chi connectivity index (χ4n) is 2.41. The van der Waals surface area contributed by atoms with Crippen LogP contribution in [-0.4, -0.2) is 5.78 Å². The van der Waals surface area contributed by atoms with Crippen molar-refractivity contribution in [3.63, 3.8) is 0 Å². The van der Waals surface area contributed by atoms with Gasteiger partial charge in [-0.3, -0.25) is 4.79 Å². The van der Waals surface area contributed by atoms with Crippen molar-refractivity contribution in [2.75, 3.05) is 0 Å². The summed E-state index contributed by atoms with van der Waals surface area (Å²) < 4.78 is 5.54. The summed E-state index contributed by atoms with van der Waals surface area (Å²) in [5, 5.41) is 0. The van der Waals surface area contributed by atoms with Crippen LogP contribution in [-0.2, 0) is 12.8 Å². The largest absolute Gasteiger partial charge is 0.453 e. The molecule has 0 unspecified atom stereocenters. The summed E-state index contributed by atoms with van der Waals surface area (Å²) in [7, 11) is 0. The van der Waals surface area contributed by atoms with Gasteiger partial charge in [0.15, 0.2) is 11.5 Å². The molecule has 0 atom stereocenters. The molecule has 0 saturated carbocycles. The number of hydrogen-bond donors (Lipinski definition) is 0. The van der Waals surface area contributed by atoms with E-state index in [1.54, 1.807) is 6.07 Å². The lowest BCUT2D eigenvalue weighted by atomic mass is 10.1. The summed E-state index contributed by atoms with van der Waals surface area (Å²) in [5.41, 5.74) is 3.94. The monoisotopic (exact) mass is 226 g/mol. The highest BCUT2D eigenvalue weighted by atomic mass is 16.3. The number of hydrogen-bond acceptors (Lipinski definition) is 2. The third kappa shape index (κ3) is 1.80. The molecule has 2 heteroatoms. The number of rotatable bonds is 2. The van der Waals surface area contributed by atoms with Gasteiger partial charge in [0, 0.05) is 12.5 Å². The number of fused-ring (bicyclic) bond motifs is 1. The number of furan rings is 1. The topological polar surface area (TPSA) is 30.2 Å². The molecule has 0 spiro atoms. The normalized spacial score (nSPS) is 13.7. The van der Waals surface area contributed by atoms with Crippen LogP contribution in [0, 0.1) is 0 Å². The number of aryl methyl sites for hydroxylation is 2. The SMILES string of the molecule is CC(=O)c1ccc(-c2ccc3c(c2)CCC3)o1. The fourth-order valence-corrected chi connectivity index (χ4v) is 2.41. The summed E-state index contributed by atoms with van der Waals surface area (Å²) in [5.74, 6) is 1.18. The van der Waals surface area contributed by atoms with Crippen LogP contribution in [0.3, 0.4) is 0 Å². The van der Waals surface area contributed by atoms with Crippen molar-refractivity contribution in [2.45, 2.75) is 26.2 Å². The summed E-state index contributed by atoms with van der Waals surface area (Å²) in [4.78, 5) is 11.2. The number of benzene rings is 1. The van der Waals surface area contributed by atoms with Gasteiger partial charge < -0.3 is 4.42 Å². The zero-order chi connectivity index (χ0) is 11.8. The van der Waals surface area contributed by atoms with Gasteiger partial charge in [0.2, 0.25) is 0 Å². The van der Waals surface area contributed by atoms with E-state index >= 15 is 0 Å². The zero-order valence-corrected chi connectivity index (χ0v) is 9.82. The molecule has 17 heavy (non-hydrogen) atoms. The van der Waals surface area contributed by atoms with Crippen molar-refractivity contribution in [3.05, 3.63) is 47.2 Å². The zero-order valence-electron chi connectivity index (χ0n) is 9.82. The van der Waals surface area contributed by atoms with Crippen molar-refractivity contribution in [1.82, 2.24) is 0 Å². The molecule has 0 aliphatic heterocycles. The molecule has 0 amide bonds. The van der Waals surface area contributed by atoms with Crippen LogP contribution in [0.2, 0.25) is 0 Å². The Kier molecular flexibility index (Phi) is 2.36. The minimum atomic E-state index is -0.0302. The minimum absolute atomic E-state index is 0.0302. The standard InChI is InChI=1S/C15H14O2/c1-10(16)14-7-8-15(17-14)13-6-5-11-3-2-4-12(11)9-13/h5-9H,2-4H2,1H3. The first kappa shape index (κ1) is 10.3. The molecule has 1 aliphatic carbocycles. The first-order valence-corrected chi connectivity index (χ1v) is 5.97. The van der Waals surface area contributed by atoms with Crippen molar-refractivity contribution in [2.24, 2.45) is 0 Å². The maximum atomic E-state index is 11.2. The van der Waals surface area contributed by atoms with E-state index in [1.165, 1.54) is 30.9 Å². The number of carbonyl (C=O) groups is 1. The van der Waals surface area contributed by atoms with Gasteiger partial charge in [0.1, 0.15) is 5.76 Å². The van der Waals surface area contributed by atoms with Crippen LogP contribution in [0.1, 0.15) is 35.0 Å². The molecule has 1 heterocycles. The molecule has 3 rings (SSSR count). The van der Waals surface area contributed by atoms with Crippen molar-refractivity contribution >= 4 is 5.78 Å². The van der Waals surface area contributed by atoms with Crippen molar-refractivity contribution < 1.29 is 9.21 Å². The Bertz CT molecular complexity index is 578. The Morgan fingerprint density at radius 3 is 2.71 bits per heavy atom. The molecular formula is C15H14O2. The quantitative estimate of drug-likeness (QED) is 0.732. The highest BCUT2D eigenvalue weighted by Gasteiger charge is 2.13. The third-order valence-electron chi connectivity index (χ3n) is 3.34. The highest BCUT2D eigenvalue weighted by molar-refractivity contribution is 5.91. The fraction of sp³-hybridized carbons (Fsp3) is 0.267. The van der Waals surface area contributed by atoms with E-state index in [2.05, 4.69) is 18.2 Å². The van der Waals surface area contributed by atoms with Crippen LogP contribution in [0.25, 0.3) is 11.3 Å². The maximum absolute atomic E-state index is 11.2. The molecule has 0 N–H and O–H groups in total. The van der Waals surface area contributed by atoms with Crippen LogP contribution in [0.5, 0.6) is 0 Å². The first-order chi connectivity index (χ1) is 8.24. The lowest BCUT2D eigenvalue weighted by molar-refractivity contribution is 0.0988. The van der Waals surface area contributed by atoms with Gasteiger partial charge in [-0.2, -0.15) is 0 Å². The third-order valence-corrected chi connectivity index (χ3v) is 3.34. The minimum Gasteiger partial charge on any atom is -0.453 e. The van der Waals surface area contributed by atoms with E-state index < -0.39 is 0 Å².